The average molecular weight is 348 g/mol. The van der Waals surface area contributed by atoms with Crippen molar-refractivity contribution in [1.82, 2.24) is 15.3 Å². The van der Waals surface area contributed by atoms with Gasteiger partial charge in [0.05, 0.1) is 0 Å². The van der Waals surface area contributed by atoms with Crippen LogP contribution in [0.4, 0.5) is 11.5 Å². The quantitative estimate of drug-likeness (QED) is 0.700. The molecule has 0 spiro atoms. The number of para-hydroxylation sites is 1. The number of hydrogen-bond donors (Lipinski definition) is 2. The highest BCUT2D eigenvalue weighted by Gasteiger charge is 2.10. The van der Waals surface area contributed by atoms with E-state index in [0.29, 0.717) is 11.5 Å². The molecule has 0 saturated carbocycles. The summed E-state index contributed by atoms with van der Waals surface area (Å²) in [5, 5.41) is 5.96. The van der Waals surface area contributed by atoms with Gasteiger partial charge in [-0.15, -0.1) is 0 Å². The van der Waals surface area contributed by atoms with Crippen LogP contribution in [0.15, 0.2) is 67.0 Å². The first kappa shape index (κ1) is 17.4. The maximum Gasteiger partial charge on any atom is 0.270 e. The molecule has 0 aliphatic rings. The van der Waals surface area contributed by atoms with Crippen LogP contribution >= 0.6 is 0 Å². The topological polar surface area (TPSA) is 76.1 Å². The predicted octanol–water partition coefficient (Wildman–Crippen LogP) is 4.15. The van der Waals surface area contributed by atoms with Crippen LogP contribution in [0, 0.1) is 0 Å². The van der Waals surface area contributed by atoms with E-state index in [1.165, 1.54) is 6.33 Å². The van der Waals surface area contributed by atoms with E-state index in [1.54, 1.807) is 6.07 Å². The van der Waals surface area contributed by atoms with Crippen LogP contribution in [-0.2, 0) is 0 Å². The number of carbonyl (C=O) groups is 1. The van der Waals surface area contributed by atoms with Crippen molar-refractivity contribution in [2.75, 3.05) is 5.32 Å². The molecule has 0 bridgehead atoms. The van der Waals surface area contributed by atoms with E-state index >= 15 is 0 Å². The summed E-state index contributed by atoms with van der Waals surface area (Å²) in [7, 11) is 0. The molecule has 3 aromatic rings. The van der Waals surface area contributed by atoms with Crippen molar-refractivity contribution in [1.29, 1.82) is 0 Å². The third-order valence-corrected chi connectivity index (χ3v) is 3.43. The van der Waals surface area contributed by atoms with Crippen LogP contribution < -0.4 is 15.4 Å². The number of nitrogens with one attached hydrogen (secondary N) is 2. The summed E-state index contributed by atoms with van der Waals surface area (Å²) in [6.07, 6.45) is 1.37. The number of nitrogens with zero attached hydrogens (tertiary/aromatic N) is 2. The number of amides is 1. The molecular formula is C20H20N4O2. The van der Waals surface area contributed by atoms with Gasteiger partial charge in [0.1, 0.15) is 29.3 Å². The number of hydrogen-bond acceptors (Lipinski definition) is 5. The molecule has 0 radical (unpaired) electrons. The van der Waals surface area contributed by atoms with Crippen molar-refractivity contribution in [3.05, 3.63) is 72.7 Å². The van der Waals surface area contributed by atoms with Crippen molar-refractivity contribution < 1.29 is 9.53 Å². The summed E-state index contributed by atoms with van der Waals surface area (Å²) in [6, 6.07) is 18.7. The highest BCUT2D eigenvalue weighted by Crippen LogP contribution is 2.23. The SMILES string of the molecule is CC(C)NC(=O)c1cc(Nc2ccc(Oc3ccccc3)cc2)ncn1. The van der Waals surface area contributed by atoms with Gasteiger partial charge in [-0.05, 0) is 50.2 Å². The fourth-order valence-corrected chi connectivity index (χ4v) is 2.26. The van der Waals surface area contributed by atoms with Gasteiger partial charge in [0.2, 0.25) is 0 Å². The van der Waals surface area contributed by atoms with Gasteiger partial charge >= 0.3 is 0 Å². The van der Waals surface area contributed by atoms with E-state index in [0.717, 1.165) is 17.2 Å². The molecule has 0 saturated heterocycles. The largest absolute Gasteiger partial charge is 0.457 e. The molecule has 0 atom stereocenters. The summed E-state index contributed by atoms with van der Waals surface area (Å²) in [6.45, 7) is 3.80. The lowest BCUT2D eigenvalue weighted by atomic mass is 10.3. The highest BCUT2D eigenvalue weighted by molar-refractivity contribution is 5.93. The normalized spacial score (nSPS) is 10.4. The predicted molar refractivity (Wildman–Crippen MR) is 101 cm³/mol. The summed E-state index contributed by atoms with van der Waals surface area (Å²) in [5.74, 6) is 1.84. The maximum absolute atomic E-state index is 12.0. The monoisotopic (exact) mass is 348 g/mol. The third kappa shape index (κ3) is 4.80. The number of ether oxygens (including phenoxy) is 1. The second-order valence-electron chi connectivity index (χ2n) is 5.98. The van der Waals surface area contributed by atoms with Gasteiger partial charge in [0.15, 0.2) is 0 Å². The molecule has 2 aromatic carbocycles. The second-order valence-corrected chi connectivity index (χ2v) is 5.98. The van der Waals surface area contributed by atoms with Crippen LogP contribution in [-0.4, -0.2) is 21.9 Å². The Morgan fingerprint density at radius 2 is 1.65 bits per heavy atom. The minimum atomic E-state index is -0.225. The van der Waals surface area contributed by atoms with Gasteiger partial charge in [-0.3, -0.25) is 4.79 Å². The molecule has 0 unspecified atom stereocenters. The Morgan fingerprint density at radius 3 is 2.35 bits per heavy atom. The van der Waals surface area contributed by atoms with Gasteiger partial charge < -0.3 is 15.4 Å². The van der Waals surface area contributed by atoms with Crippen molar-refractivity contribution in [3.63, 3.8) is 0 Å². The fourth-order valence-electron chi connectivity index (χ4n) is 2.26. The third-order valence-electron chi connectivity index (χ3n) is 3.43. The highest BCUT2D eigenvalue weighted by atomic mass is 16.5. The van der Waals surface area contributed by atoms with Crippen LogP contribution in [0.5, 0.6) is 11.5 Å². The van der Waals surface area contributed by atoms with Crippen molar-refractivity contribution in [3.8, 4) is 11.5 Å². The zero-order chi connectivity index (χ0) is 18.4. The van der Waals surface area contributed by atoms with Crippen molar-refractivity contribution in [2.45, 2.75) is 19.9 Å². The first-order chi connectivity index (χ1) is 12.6. The standard InChI is InChI=1S/C20H20N4O2/c1-14(2)23-20(25)18-12-19(22-13-21-18)24-15-8-10-17(11-9-15)26-16-6-4-3-5-7-16/h3-14H,1-2H3,(H,23,25)(H,21,22,24). The smallest absolute Gasteiger partial charge is 0.270 e. The van der Waals surface area contributed by atoms with E-state index in [1.807, 2.05) is 68.4 Å². The molecule has 6 nitrogen and oxygen atoms in total. The maximum atomic E-state index is 12.0. The Bertz CT molecular complexity index is 864. The molecule has 2 N–H and O–H groups in total. The number of anilines is 2. The Balaban J connectivity index is 1.66. The van der Waals surface area contributed by atoms with Gasteiger partial charge in [0, 0.05) is 17.8 Å². The number of carbonyl (C=O) groups excluding carboxylic acids is 1. The van der Waals surface area contributed by atoms with Crippen LogP contribution in [0.25, 0.3) is 0 Å². The molecule has 3 rings (SSSR count). The molecule has 26 heavy (non-hydrogen) atoms. The number of benzene rings is 2. The molecule has 0 aliphatic carbocycles. The minimum absolute atomic E-state index is 0.0473. The molecular weight excluding hydrogens is 328 g/mol. The van der Waals surface area contributed by atoms with Gasteiger partial charge in [0.25, 0.3) is 5.91 Å². The zero-order valence-electron chi connectivity index (χ0n) is 14.6. The number of rotatable bonds is 6. The van der Waals surface area contributed by atoms with Crippen molar-refractivity contribution in [2.24, 2.45) is 0 Å². The van der Waals surface area contributed by atoms with E-state index in [2.05, 4.69) is 20.6 Å². The fraction of sp³-hybridized carbons (Fsp3) is 0.150. The lowest BCUT2D eigenvalue weighted by Crippen LogP contribution is -2.30. The molecule has 1 heterocycles. The van der Waals surface area contributed by atoms with Gasteiger partial charge in [-0.2, -0.15) is 0 Å². The lowest BCUT2D eigenvalue weighted by Gasteiger charge is -2.10. The van der Waals surface area contributed by atoms with Crippen LogP contribution in [0.2, 0.25) is 0 Å². The van der Waals surface area contributed by atoms with E-state index in [9.17, 15) is 4.79 Å². The van der Waals surface area contributed by atoms with Crippen molar-refractivity contribution >= 4 is 17.4 Å². The van der Waals surface area contributed by atoms with E-state index in [4.69, 9.17) is 4.74 Å². The molecule has 132 valence electrons. The lowest BCUT2D eigenvalue weighted by molar-refractivity contribution is 0.0938. The van der Waals surface area contributed by atoms with E-state index in [-0.39, 0.29) is 11.9 Å². The molecule has 1 amide bonds. The molecule has 0 aliphatic heterocycles. The van der Waals surface area contributed by atoms with Gasteiger partial charge in [-0.1, -0.05) is 18.2 Å². The van der Waals surface area contributed by atoms with Crippen LogP contribution in [0.3, 0.4) is 0 Å². The Hall–Kier alpha value is -3.41. The first-order valence-corrected chi connectivity index (χ1v) is 8.33. The molecule has 0 fully saturated rings. The summed E-state index contributed by atoms with van der Waals surface area (Å²) >= 11 is 0. The summed E-state index contributed by atoms with van der Waals surface area (Å²) in [5.41, 5.74) is 1.15. The zero-order valence-corrected chi connectivity index (χ0v) is 14.6. The Labute approximate surface area is 152 Å². The van der Waals surface area contributed by atoms with Gasteiger partial charge in [-0.25, -0.2) is 9.97 Å². The van der Waals surface area contributed by atoms with E-state index < -0.39 is 0 Å². The summed E-state index contributed by atoms with van der Waals surface area (Å²) in [4.78, 5) is 20.2. The Kier molecular flexibility index (Phi) is 5.43. The first-order valence-electron chi connectivity index (χ1n) is 8.33. The van der Waals surface area contributed by atoms with Crippen LogP contribution in [0.1, 0.15) is 24.3 Å². The molecule has 1 aromatic heterocycles. The average Bonchev–Trinajstić information content (AvgIpc) is 2.64. The minimum Gasteiger partial charge on any atom is -0.457 e. The second kappa shape index (κ2) is 8.11. The number of aromatic nitrogens is 2. The summed E-state index contributed by atoms with van der Waals surface area (Å²) < 4.78 is 5.76. The Morgan fingerprint density at radius 1 is 0.962 bits per heavy atom. The molecule has 6 heteroatoms.